The molecule has 1 aromatic heterocycles. The molecule has 0 spiro atoms. The van der Waals surface area contributed by atoms with E-state index in [1.807, 2.05) is 6.07 Å². The highest BCUT2D eigenvalue weighted by Gasteiger charge is 2.11. The Morgan fingerprint density at radius 3 is 2.42 bits per heavy atom. The number of hydrogen-bond donors (Lipinski definition) is 2. The Hall–Kier alpha value is -2.75. The van der Waals surface area contributed by atoms with Gasteiger partial charge in [0.05, 0.1) is 16.9 Å². The number of halogens is 3. The van der Waals surface area contributed by atoms with Crippen molar-refractivity contribution < 1.29 is 13.2 Å². The lowest BCUT2D eigenvalue weighted by Crippen LogP contribution is -2.02. The molecule has 1 aromatic carbocycles. The molecule has 0 amide bonds. The first kappa shape index (κ1) is 12.7. The zero-order valence-electron chi connectivity index (χ0n) is 9.42. The summed E-state index contributed by atoms with van der Waals surface area (Å²) in [5, 5.41) is 11.1. The highest BCUT2D eigenvalue weighted by molar-refractivity contribution is 5.69. The lowest BCUT2D eigenvalue weighted by atomic mass is 10.2. The van der Waals surface area contributed by atoms with Gasteiger partial charge in [0.2, 0.25) is 0 Å². The van der Waals surface area contributed by atoms with Gasteiger partial charge < -0.3 is 11.1 Å². The van der Waals surface area contributed by atoms with Crippen molar-refractivity contribution in [3.63, 3.8) is 0 Å². The van der Waals surface area contributed by atoms with Gasteiger partial charge in [0.15, 0.2) is 17.5 Å². The molecule has 0 aliphatic rings. The van der Waals surface area contributed by atoms with Gasteiger partial charge in [-0.3, -0.25) is 0 Å². The van der Waals surface area contributed by atoms with Gasteiger partial charge in [0.1, 0.15) is 11.9 Å². The standard InChI is InChI=1S/C12H7F3N4/c13-7-2-9(15)11(3-8(7)14)19-12-10(17)1-6(4-16)5-18-12/h1-3,5H,17H2,(H,18,19). The van der Waals surface area contributed by atoms with Crippen LogP contribution in [0.2, 0.25) is 0 Å². The summed E-state index contributed by atoms with van der Waals surface area (Å²) >= 11 is 0. The minimum absolute atomic E-state index is 0.0453. The molecule has 0 atom stereocenters. The molecule has 7 heteroatoms. The second-order valence-electron chi connectivity index (χ2n) is 3.64. The Morgan fingerprint density at radius 1 is 1.11 bits per heavy atom. The molecular formula is C12H7F3N4. The summed E-state index contributed by atoms with van der Waals surface area (Å²) in [6.45, 7) is 0. The van der Waals surface area contributed by atoms with Crippen molar-refractivity contribution in [2.24, 2.45) is 0 Å². The molecule has 0 saturated heterocycles. The van der Waals surface area contributed by atoms with Crippen molar-refractivity contribution in [1.29, 1.82) is 5.26 Å². The van der Waals surface area contributed by atoms with Crippen molar-refractivity contribution in [1.82, 2.24) is 4.98 Å². The number of anilines is 3. The number of nitrogens with zero attached hydrogens (tertiary/aromatic N) is 2. The molecule has 2 rings (SSSR count). The molecule has 0 aliphatic heterocycles. The summed E-state index contributed by atoms with van der Waals surface area (Å²) in [5.41, 5.74) is 5.61. The number of aromatic nitrogens is 1. The number of hydrogen-bond acceptors (Lipinski definition) is 4. The van der Waals surface area contributed by atoms with Crippen LogP contribution in [0.1, 0.15) is 5.56 Å². The van der Waals surface area contributed by atoms with E-state index in [9.17, 15) is 13.2 Å². The monoisotopic (exact) mass is 264 g/mol. The number of nitriles is 1. The van der Waals surface area contributed by atoms with Crippen LogP contribution in [0, 0.1) is 28.8 Å². The first-order chi connectivity index (χ1) is 9.01. The fraction of sp³-hybridized carbons (Fsp3) is 0. The van der Waals surface area contributed by atoms with Gasteiger partial charge >= 0.3 is 0 Å². The largest absolute Gasteiger partial charge is 0.396 e. The average Bonchev–Trinajstić information content (AvgIpc) is 2.38. The molecule has 96 valence electrons. The molecule has 19 heavy (non-hydrogen) atoms. The van der Waals surface area contributed by atoms with Gasteiger partial charge in [0.25, 0.3) is 0 Å². The van der Waals surface area contributed by atoms with E-state index in [4.69, 9.17) is 11.0 Å². The smallest absolute Gasteiger partial charge is 0.161 e. The number of rotatable bonds is 2. The minimum atomic E-state index is -1.29. The van der Waals surface area contributed by atoms with E-state index < -0.39 is 17.5 Å². The number of nitrogens with one attached hydrogen (secondary N) is 1. The summed E-state index contributed by atoms with van der Waals surface area (Å²) in [7, 11) is 0. The molecule has 0 saturated carbocycles. The summed E-state index contributed by atoms with van der Waals surface area (Å²) in [6, 6.07) is 4.23. The Balaban J connectivity index is 2.37. The third kappa shape index (κ3) is 2.57. The second kappa shape index (κ2) is 4.86. The van der Waals surface area contributed by atoms with Crippen LogP contribution < -0.4 is 11.1 Å². The van der Waals surface area contributed by atoms with Gasteiger partial charge in [-0.05, 0) is 6.07 Å². The number of benzene rings is 1. The van der Waals surface area contributed by atoms with Crippen molar-refractivity contribution in [2.75, 3.05) is 11.1 Å². The maximum atomic E-state index is 13.4. The molecular weight excluding hydrogens is 257 g/mol. The van der Waals surface area contributed by atoms with Crippen molar-refractivity contribution in [3.05, 3.63) is 47.4 Å². The molecule has 0 bridgehead atoms. The zero-order valence-corrected chi connectivity index (χ0v) is 9.42. The maximum Gasteiger partial charge on any atom is 0.161 e. The molecule has 0 unspecified atom stereocenters. The zero-order chi connectivity index (χ0) is 14.0. The Kier molecular flexibility index (Phi) is 3.25. The summed E-state index contributed by atoms with van der Waals surface area (Å²) in [6.07, 6.45) is 1.22. The van der Waals surface area contributed by atoms with E-state index in [0.29, 0.717) is 12.1 Å². The topological polar surface area (TPSA) is 74.7 Å². The lowest BCUT2D eigenvalue weighted by Gasteiger charge is -2.09. The van der Waals surface area contributed by atoms with Gasteiger partial charge in [-0.1, -0.05) is 0 Å². The van der Waals surface area contributed by atoms with Crippen molar-refractivity contribution >= 4 is 17.2 Å². The van der Waals surface area contributed by atoms with Crippen LogP contribution in [-0.2, 0) is 0 Å². The van der Waals surface area contributed by atoms with Crippen LogP contribution >= 0.6 is 0 Å². The Bertz CT molecular complexity index is 679. The number of nitrogens with two attached hydrogens (primary N) is 1. The van der Waals surface area contributed by atoms with Gasteiger partial charge in [0, 0.05) is 18.3 Å². The molecule has 3 N–H and O–H groups in total. The minimum Gasteiger partial charge on any atom is -0.396 e. The second-order valence-corrected chi connectivity index (χ2v) is 3.64. The molecule has 2 aromatic rings. The highest BCUT2D eigenvalue weighted by Crippen LogP contribution is 2.25. The van der Waals surface area contributed by atoms with Gasteiger partial charge in [-0.2, -0.15) is 5.26 Å². The normalized spacial score (nSPS) is 10.0. The van der Waals surface area contributed by atoms with Crippen LogP contribution in [-0.4, -0.2) is 4.98 Å². The van der Waals surface area contributed by atoms with Gasteiger partial charge in [-0.25, -0.2) is 18.2 Å². The van der Waals surface area contributed by atoms with Crippen LogP contribution in [0.3, 0.4) is 0 Å². The first-order valence-corrected chi connectivity index (χ1v) is 5.08. The fourth-order valence-electron chi connectivity index (χ4n) is 1.39. The predicted molar refractivity (Wildman–Crippen MR) is 63.0 cm³/mol. The summed E-state index contributed by atoms with van der Waals surface area (Å²) in [5.74, 6) is -3.42. The van der Waals surface area contributed by atoms with Crippen molar-refractivity contribution in [2.45, 2.75) is 0 Å². The first-order valence-electron chi connectivity index (χ1n) is 5.08. The Morgan fingerprint density at radius 2 is 1.79 bits per heavy atom. The predicted octanol–water partition coefficient (Wildman–Crippen LogP) is 2.70. The van der Waals surface area contributed by atoms with E-state index >= 15 is 0 Å². The molecule has 4 nitrogen and oxygen atoms in total. The van der Waals surface area contributed by atoms with E-state index in [1.165, 1.54) is 12.3 Å². The van der Waals surface area contributed by atoms with E-state index in [-0.39, 0.29) is 22.8 Å². The van der Waals surface area contributed by atoms with E-state index in [1.54, 1.807) is 0 Å². The van der Waals surface area contributed by atoms with Crippen LogP contribution in [0.4, 0.5) is 30.4 Å². The van der Waals surface area contributed by atoms with Gasteiger partial charge in [-0.15, -0.1) is 0 Å². The SMILES string of the molecule is N#Cc1cnc(Nc2cc(F)c(F)cc2F)c(N)c1. The van der Waals surface area contributed by atoms with Crippen LogP contribution in [0.5, 0.6) is 0 Å². The molecule has 0 aliphatic carbocycles. The summed E-state index contributed by atoms with van der Waals surface area (Å²) < 4.78 is 39.2. The highest BCUT2D eigenvalue weighted by atomic mass is 19.2. The van der Waals surface area contributed by atoms with Crippen LogP contribution in [0.25, 0.3) is 0 Å². The van der Waals surface area contributed by atoms with E-state index in [0.717, 1.165) is 0 Å². The summed E-state index contributed by atoms with van der Waals surface area (Å²) in [4.78, 5) is 3.80. The quantitative estimate of drug-likeness (QED) is 0.818. The average molecular weight is 264 g/mol. The molecule has 0 fully saturated rings. The number of nitrogen functional groups attached to an aromatic ring is 1. The maximum absolute atomic E-state index is 13.4. The van der Waals surface area contributed by atoms with Crippen molar-refractivity contribution in [3.8, 4) is 6.07 Å². The number of pyridine rings is 1. The van der Waals surface area contributed by atoms with Crippen LogP contribution in [0.15, 0.2) is 24.4 Å². The molecule has 0 radical (unpaired) electrons. The lowest BCUT2D eigenvalue weighted by molar-refractivity contribution is 0.496. The third-order valence-corrected chi connectivity index (χ3v) is 2.31. The molecule has 1 heterocycles. The van der Waals surface area contributed by atoms with E-state index in [2.05, 4.69) is 10.3 Å². The third-order valence-electron chi connectivity index (χ3n) is 2.31. The fourth-order valence-corrected chi connectivity index (χ4v) is 1.39. The Labute approximate surface area is 106 Å².